The molecule has 0 aliphatic carbocycles. The van der Waals surface area contributed by atoms with Crippen LogP contribution in [0.15, 0.2) is 53.1 Å². The second-order valence-electron chi connectivity index (χ2n) is 5.05. The molecule has 0 aliphatic heterocycles. The highest BCUT2D eigenvalue weighted by atomic mass is 35.5. The van der Waals surface area contributed by atoms with Crippen molar-refractivity contribution in [3.8, 4) is 11.4 Å². The molecule has 7 heteroatoms. The lowest BCUT2D eigenvalue weighted by Crippen LogP contribution is -2.12. The summed E-state index contributed by atoms with van der Waals surface area (Å²) in [4.78, 5) is 16.3. The zero-order valence-corrected chi connectivity index (χ0v) is 14.0. The Morgan fingerprint density at radius 2 is 1.88 bits per heavy atom. The molecule has 5 nitrogen and oxygen atoms in total. The average molecular weight is 362 g/mol. The van der Waals surface area contributed by atoms with E-state index in [-0.39, 0.29) is 12.3 Å². The van der Waals surface area contributed by atoms with Crippen LogP contribution in [0.4, 0.5) is 5.69 Å². The Hall–Kier alpha value is -2.37. The Morgan fingerprint density at radius 3 is 2.62 bits per heavy atom. The normalized spacial score (nSPS) is 10.6. The summed E-state index contributed by atoms with van der Waals surface area (Å²) in [6.45, 7) is 0. The smallest absolute Gasteiger partial charge is 0.227 e. The van der Waals surface area contributed by atoms with Gasteiger partial charge in [0.15, 0.2) is 0 Å². The van der Waals surface area contributed by atoms with E-state index in [0.717, 1.165) is 5.56 Å². The van der Waals surface area contributed by atoms with Crippen LogP contribution in [-0.4, -0.2) is 16.0 Å². The van der Waals surface area contributed by atoms with Crippen molar-refractivity contribution < 1.29 is 9.32 Å². The van der Waals surface area contributed by atoms with Crippen molar-refractivity contribution in [3.63, 3.8) is 0 Å². The van der Waals surface area contributed by atoms with Crippen molar-refractivity contribution in [3.05, 3.63) is 64.5 Å². The van der Waals surface area contributed by atoms with E-state index in [1.54, 1.807) is 18.2 Å². The largest absolute Gasteiger partial charge is 0.339 e. The first kappa shape index (κ1) is 16.5. The van der Waals surface area contributed by atoms with Crippen molar-refractivity contribution in [2.24, 2.45) is 0 Å². The van der Waals surface area contributed by atoms with Gasteiger partial charge >= 0.3 is 0 Å². The third-order valence-electron chi connectivity index (χ3n) is 3.27. The number of hydrogen-bond acceptors (Lipinski definition) is 4. The summed E-state index contributed by atoms with van der Waals surface area (Å²) in [7, 11) is 0. The number of aromatic nitrogens is 2. The third-order valence-corrected chi connectivity index (χ3v) is 4.01. The van der Waals surface area contributed by atoms with Crippen LogP contribution < -0.4 is 5.32 Å². The van der Waals surface area contributed by atoms with Crippen molar-refractivity contribution >= 4 is 34.8 Å². The Bertz CT molecular complexity index is 850. The molecular formula is C17H13Cl2N3O2. The molecule has 0 saturated carbocycles. The summed E-state index contributed by atoms with van der Waals surface area (Å²) in [5.41, 5.74) is 1.46. The van der Waals surface area contributed by atoms with E-state index in [4.69, 9.17) is 27.7 Å². The summed E-state index contributed by atoms with van der Waals surface area (Å²) < 4.78 is 5.17. The quantitative estimate of drug-likeness (QED) is 0.719. The van der Waals surface area contributed by atoms with Gasteiger partial charge in [0.05, 0.1) is 10.0 Å². The van der Waals surface area contributed by atoms with Gasteiger partial charge in [-0.2, -0.15) is 4.98 Å². The Labute approximate surface area is 148 Å². The number of carbonyl (C=O) groups excluding carboxylic acids is 1. The summed E-state index contributed by atoms with van der Waals surface area (Å²) in [6, 6.07) is 14.4. The molecule has 0 bridgehead atoms. The van der Waals surface area contributed by atoms with Gasteiger partial charge in [0.1, 0.15) is 0 Å². The van der Waals surface area contributed by atoms with Gasteiger partial charge in [-0.05, 0) is 18.2 Å². The zero-order chi connectivity index (χ0) is 16.9. The molecule has 0 aliphatic rings. The minimum Gasteiger partial charge on any atom is -0.339 e. The lowest BCUT2D eigenvalue weighted by atomic mass is 10.2. The van der Waals surface area contributed by atoms with Gasteiger partial charge in [0.2, 0.25) is 17.6 Å². The van der Waals surface area contributed by atoms with Crippen LogP contribution in [0, 0.1) is 0 Å². The Balaban J connectivity index is 1.56. The molecule has 122 valence electrons. The highest BCUT2D eigenvalue weighted by Crippen LogP contribution is 2.25. The van der Waals surface area contributed by atoms with Crippen molar-refractivity contribution in [1.82, 2.24) is 10.1 Å². The lowest BCUT2D eigenvalue weighted by molar-refractivity contribution is -0.116. The van der Waals surface area contributed by atoms with Crippen molar-refractivity contribution in [2.45, 2.75) is 12.8 Å². The number of rotatable bonds is 5. The first-order valence-corrected chi connectivity index (χ1v) is 8.00. The van der Waals surface area contributed by atoms with E-state index in [1.807, 2.05) is 30.3 Å². The number of amides is 1. The number of benzene rings is 2. The Morgan fingerprint density at radius 1 is 1.08 bits per heavy atom. The number of anilines is 1. The summed E-state index contributed by atoms with van der Waals surface area (Å²) in [5, 5.41) is 7.49. The van der Waals surface area contributed by atoms with Gasteiger partial charge in [-0.15, -0.1) is 0 Å². The number of nitrogens with one attached hydrogen (secondary N) is 1. The van der Waals surface area contributed by atoms with Crippen LogP contribution in [0.1, 0.15) is 12.3 Å². The van der Waals surface area contributed by atoms with Crippen LogP contribution in [-0.2, 0) is 11.2 Å². The predicted octanol–water partition coefficient (Wildman–Crippen LogP) is 4.61. The second-order valence-corrected chi connectivity index (χ2v) is 5.87. The van der Waals surface area contributed by atoms with Crippen LogP contribution in [0.5, 0.6) is 0 Å². The van der Waals surface area contributed by atoms with Gasteiger partial charge in [0, 0.05) is 24.1 Å². The van der Waals surface area contributed by atoms with Crippen LogP contribution in [0.2, 0.25) is 10.0 Å². The molecule has 3 rings (SSSR count). The summed E-state index contributed by atoms with van der Waals surface area (Å²) in [5.74, 6) is 0.751. The van der Waals surface area contributed by atoms with Crippen LogP contribution in [0.3, 0.4) is 0 Å². The number of nitrogens with zero attached hydrogens (tertiary/aromatic N) is 2. The molecule has 0 radical (unpaired) electrons. The molecule has 0 saturated heterocycles. The zero-order valence-electron chi connectivity index (χ0n) is 12.5. The minimum absolute atomic E-state index is 0.173. The first-order valence-electron chi connectivity index (χ1n) is 7.25. The lowest BCUT2D eigenvalue weighted by Gasteiger charge is -2.05. The molecular weight excluding hydrogens is 349 g/mol. The highest BCUT2D eigenvalue weighted by molar-refractivity contribution is 6.42. The maximum Gasteiger partial charge on any atom is 0.227 e. The van der Waals surface area contributed by atoms with E-state index in [1.165, 1.54) is 0 Å². The molecule has 1 aromatic heterocycles. The fourth-order valence-corrected chi connectivity index (χ4v) is 2.38. The average Bonchev–Trinajstić information content (AvgIpc) is 3.06. The van der Waals surface area contributed by atoms with E-state index in [9.17, 15) is 4.79 Å². The van der Waals surface area contributed by atoms with Gasteiger partial charge in [0.25, 0.3) is 0 Å². The topological polar surface area (TPSA) is 68.0 Å². The van der Waals surface area contributed by atoms with Crippen LogP contribution >= 0.6 is 23.2 Å². The molecule has 0 unspecified atom stereocenters. The summed E-state index contributed by atoms with van der Waals surface area (Å²) in [6.07, 6.45) is 0.573. The summed E-state index contributed by atoms with van der Waals surface area (Å²) >= 11 is 11.8. The standard InChI is InChI=1S/C17H13Cl2N3O2/c18-13-7-6-12(10-14(13)19)20-15(23)8-9-16-21-17(22-24-16)11-4-2-1-3-5-11/h1-7,10H,8-9H2,(H,20,23). The van der Waals surface area contributed by atoms with Gasteiger partial charge in [-0.3, -0.25) is 4.79 Å². The predicted molar refractivity (Wildman–Crippen MR) is 93.1 cm³/mol. The number of hydrogen-bond donors (Lipinski definition) is 1. The van der Waals surface area contributed by atoms with E-state index in [2.05, 4.69) is 15.5 Å². The fraction of sp³-hybridized carbons (Fsp3) is 0.118. The molecule has 3 aromatic rings. The van der Waals surface area contributed by atoms with Crippen molar-refractivity contribution in [2.75, 3.05) is 5.32 Å². The molecule has 24 heavy (non-hydrogen) atoms. The second kappa shape index (κ2) is 7.47. The molecule has 1 amide bonds. The number of aryl methyl sites for hydroxylation is 1. The molecule has 1 N–H and O–H groups in total. The first-order chi connectivity index (χ1) is 11.6. The van der Waals surface area contributed by atoms with Gasteiger partial charge in [-0.1, -0.05) is 58.7 Å². The van der Waals surface area contributed by atoms with Gasteiger partial charge in [-0.25, -0.2) is 0 Å². The molecule has 0 fully saturated rings. The molecule has 2 aromatic carbocycles. The molecule has 0 spiro atoms. The minimum atomic E-state index is -0.173. The third kappa shape index (κ3) is 4.13. The van der Waals surface area contributed by atoms with Gasteiger partial charge < -0.3 is 9.84 Å². The fourth-order valence-electron chi connectivity index (χ4n) is 2.08. The number of halogens is 2. The van der Waals surface area contributed by atoms with E-state index >= 15 is 0 Å². The Kier molecular flexibility index (Phi) is 5.13. The van der Waals surface area contributed by atoms with Crippen LogP contribution in [0.25, 0.3) is 11.4 Å². The SMILES string of the molecule is O=C(CCc1nc(-c2ccccc2)no1)Nc1ccc(Cl)c(Cl)c1. The monoisotopic (exact) mass is 361 g/mol. The van der Waals surface area contributed by atoms with E-state index in [0.29, 0.717) is 33.9 Å². The molecule has 1 heterocycles. The number of carbonyl (C=O) groups is 1. The maximum atomic E-state index is 12.0. The maximum absolute atomic E-state index is 12.0. The highest BCUT2D eigenvalue weighted by Gasteiger charge is 2.11. The van der Waals surface area contributed by atoms with E-state index < -0.39 is 0 Å². The molecule has 0 atom stereocenters. The van der Waals surface area contributed by atoms with Crippen molar-refractivity contribution in [1.29, 1.82) is 0 Å².